The molecule has 0 aromatic heterocycles. The van der Waals surface area contributed by atoms with Gasteiger partial charge >= 0.3 is 135 Å². The van der Waals surface area contributed by atoms with Gasteiger partial charge in [0.25, 0.3) is 0 Å². The maximum absolute atomic E-state index is 12.8. The number of nitrogens with one attached hydrogen (secondary N) is 1. The Balaban J connectivity index is 2.43. The number of amides is 1. The minimum absolute atomic E-state index is 0.0128. The van der Waals surface area contributed by atoms with Crippen LogP contribution in [-0.2, 0) is 28.6 Å². The van der Waals surface area contributed by atoms with Crippen molar-refractivity contribution < 1.29 is 43.3 Å². The Morgan fingerprint density at radius 1 is 0.740 bits per heavy atom. The van der Waals surface area contributed by atoms with Gasteiger partial charge in [0.1, 0.15) is 12.7 Å². The summed E-state index contributed by atoms with van der Waals surface area (Å²) in [6.07, 6.45) is 22.7. The van der Waals surface area contributed by atoms with Crippen molar-refractivity contribution in [3.8, 4) is 0 Å². The monoisotopic (exact) mass is 752 g/mol. The number of hydrogen-bond acceptors (Lipinski definition) is 11. The first-order chi connectivity index (χ1) is 24.0. The summed E-state index contributed by atoms with van der Waals surface area (Å²) in [6, 6.07) is -0.783. The Hall–Kier alpha value is -1.01. The zero-order valence-electron chi connectivity index (χ0n) is 31.4. The molecule has 296 valence electrons. The normalized spacial score (nSPS) is 15.3. The molecule has 0 spiro atoms. The summed E-state index contributed by atoms with van der Waals surface area (Å²) in [5.74, 6) is -0.210. The molecule has 2 atom stereocenters. The van der Waals surface area contributed by atoms with Crippen LogP contribution in [0.4, 0.5) is 0 Å². The van der Waals surface area contributed by atoms with Crippen LogP contribution in [0, 0.1) is 0 Å². The van der Waals surface area contributed by atoms with Crippen molar-refractivity contribution in [3.05, 3.63) is 0 Å². The second-order valence-electron chi connectivity index (χ2n) is 14.3. The van der Waals surface area contributed by atoms with Gasteiger partial charge in [-0.1, -0.05) is 117 Å². The number of thioether (sulfide) groups is 1. The fraction of sp³-hybridized carbons (Fsp3) is 0.919. The molecule has 1 amide bonds. The van der Waals surface area contributed by atoms with E-state index in [4.69, 9.17) is 34.6 Å². The van der Waals surface area contributed by atoms with Gasteiger partial charge in [-0.15, -0.1) is 0 Å². The molecule has 50 heavy (non-hydrogen) atoms. The molecule has 1 aliphatic rings. The quantitative estimate of drug-likeness (QED) is 0.0259. The molecule has 0 aromatic carbocycles. The largest absolute Gasteiger partial charge is 0.458 e. The van der Waals surface area contributed by atoms with Gasteiger partial charge in [-0.2, -0.15) is 0 Å². The zero-order chi connectivity index (χ0) is 36.9. The van der Waals surface area contributed by atoms with Crippen molar-refractivity contribution >= 4 is 37.6 Å². The van der Waals surface area contributed by atoms with Crippen molar-refractivity contribution in [3.63, 3.8) is 0 Å². The van der Waals surface area contributed by atoms with Crippen LogP contribution in [0.25, 0.3) is 0 Å². The fourth-order valence-electron chi connectivity index (χ4n) is 5.67. The van der Waals surface area contributed by atoms with Gasteiger partial charge in [-0.05, 0) is 12.8 Å². The predicted octanol–water partition coefficient (Wildman–Crippen LogP) is 6.87. The molecule has 0 aliphatic heterocycles. The van der Waals surface area contributed by atoms with E-state index in [9.17, 15) is 14.4 Å². The average molecular weight is 753 g/mol. The SMILES string of the molecule is CCCCCCCCCCCC(=O)OC[C@H](CSC[C@H](N)C(=O)NC1(COCCC[PH](O)(O)O)CC1)OC(=O)CCCCCCCCCCC. The third-order valence-corrected chi connectivity index (χ3v) is 11.3. The summed E-state index contributed by atoms with van der Waals surface area (Å²) in [7, 11) is -4.07. The second-order valence-corrected chi connectivity index (χ2v) is 17.4. The van der Waals surface area contributed by atoms with Gasteiger partial charge in [-0.25, -0.2) is 0 Å². The fourth-order valence-corrected chi connectivity index (χ4v) is 7.26. The van der Waals surface area contributed by atoms with E-state index in [0.29, 0.717) is 30.8 Å². The Kier molecular flexibility index (Phi) is 27.7. The molecule has 0 heterocycles. The van der Waals surface area contributed by atoms with Crippen LogP contribution in [0.5, 0.6) is 0 Å². The van der Waals surface area contributed by atoms with Crippen LogP contribution < -0.4 is 11.1 Å². The van der Waals surface area contributed by atoms with E-state index in [-0.39, 0.29) is 43.8 Å². The summed E-state index contributed by atoms with van der Waals surface area (Å²) in [6.45, 7) is 4.96. The molecule has 1 rings (SSSR count). The van der Waals surface area contributed by atoms with Gasteiger partial charge in [0.2, 0.25) is 0 Å². The summed E-state index contributed by atoms with van der Waals surface area (Å²) < 4.78 is 16.9. The third-order valence-electron chi connectivity index (χ3n) is 9.06. The van der Waals surface area contributed by atoms with E-state index >= 15 is 0 Å². The Morgan fingerprint density at radius 2 is 1.24 bits per heavy atom. The van der Waals surface area contributed by atoms with Crippen molar-refractivity contribution in [2.45, 2.75) is 179 Å². The minimum Gasteiger partial charge on any atom is -0.458 e. The van der Waals surface area contributed by atoms with E-state index in [1.807, 2.05) is 0 Å². The standard InChI is InChI=1S/C37H73N2O9PS/c1-3-5-7-9-11-13-15-17-19-22-34(40)47-28-32(48-35(41)23-20-18-16-14-12-10-8-6-4-2)29-50-30-33(38)36(42)39-37(24-25-37)31-46-26-21-27-49(43,44)45/h32-33,43-45,49H,3-31,38H2,1-2H3,(H,39,42)/t32-,33+/m1/s1. The topological polar surface area (TPSA) is 178 Å². The molecule has 1 aliphatic carbocycles. The molecule has 6 N–H and O–H groups in total. The van der Waals surface area contributed by atoms with E-state index in [2.05, 4.69) is 19.2 Å². The maximum Gasteiger partial charge on any atom is 0.306 e. The van der Waals surface area contributed by atoms with E-state index < -0.39 is 25.6 Å². The van der Waals surface area contributed by atoms with Crippen LogP contribution in [0.15, 0.2) is 0 Å². The van der Waals surface area contributed by atoms with Crippen molar-refractivity contribution in [2.75, 3.05) is 37.5 Å². The maximum atomic E-state index is 12.8. The molecule has 0 unspecified atom stereocenters. The van der Waals surface area contributed by atoms with Gasteiger partial charge in [0.05, 0.1) is 0 Å². The molecule has 0 bridgehead atoms. The number of unbranched alkanes of at least 4 members (excludes halogenated alkanes) is 16. The Bertz CT molecular complexity index is 890. The van der Waals surface area contributed by atoms with Crippen molar-refractivity contribution in [1.29, 1.82) is 0 Å². The van der Waals surface area contributed by atoms with Gasteiger partial charge < -0.3 is 9.47 Å². The van der Waals surface area contributed by atoms with Gasteiger partial charge in [0.15, 0.2) is 0 Å². The predicted molar refractivity (Wildman–Crippen MR) is 205 cm³/mol. The first kappa shape index (κ1) is 47.0. The van der Waals surface area contributed by atoms with Crippen LogP contribution >= 0.6 is 19.7 Å². The number of ether oxygens (including phenoxy) is 3. The first-order valence-corrected chi connectivity index (χ1v) is 23.0. The molecule has 0 saturated heterocycles. The molecule has 11 nitrogen and oxygen atoms in total. The molecule has 0 radical (unpaired) electrons. The number of rotatable bonds is 35. The van der Waals surface area contributed by atoms with E-state index in [1.165, 1.54) is 88.8 Å². The van der Waals surface area contributed by atoms with Gasteiger partial charge in [0, 0.05) is 12.8 Å². The number of hydrogen-bond donors (Lipinski definition) is 5. The Labute approximate surface area is 307 Å². The molecule has 1 fully saturated rings. The van der Waals surface area contributed by atoms with Crippen LogP contribution in [0.2, 0.25) is 0 Å². The van der Waals surface area contributed by atoms with Crippen LogP contribution in [0.1, 0.15) is 162 Å². The van der Waals surface area contributed by atoms with Crippen molar-refractivity contribution in [2.24, 2.45) is 5.73 Å². The van der Waals surface area contributed by atoms with E-state index in [0.717, 1.165) is 51.4 Å². The summed E-state index contributed by atoms with van der Waals surface area (Å²) in [5, 5.41) is 2.98. The summed E-state index contributed by atoms with van der Waals surface area (Å²) >= 11 is 1.39. The van der Waals surface area contributed by atoms with Gasteiger partial charge in [-0.3, -0.25) is 9.59 Å². The number of nitrogens with two attached hydrogens (primary N) is 1. The number of esters is 2. The average Bonchev–Trinajstić information content (AvgIpc) is 3.83. The zero-order valence-corrected chi connectivity index (χ0v) is 33.3. The van der Waals surface area contributed by atoms with Crippen LogP contribution in [-0.4, -0.2) is 87.7 Å². The molecule has 13 heteroatoms. The molecular weight excluding hydrogens is 679 g/mol. The number of carbonyl (C=O) groups excluding carboxylic acids is 3. The third kappa shape index (κ3) is 27.6. The first-order valence-electron chi connectivity index (χ1n) is 19.8. The molecular formula is C37H73N2O9PS. The molecule has 0 aromatic rings. The van der Waals surface area contributed by atoms with E-state index in [1.54, 1.807) is 0 Å². The summed E-state index contributed by atoms with van der Waals surface area (Å²) in [4.78, 5) is 65.3. The minimum atomic E-state index is -4.07. The Morgan fingerprint density at radius 3 is 1.74 bits per heavy atom. The summed E-state index contributed by atoms with van der Waals surface area (Å²) in [5.41, 5.74) is 5.73. The van der Waals surface area contributed by atoms with Crippen molar-refractivity contribution in [1.82, 2.24) is 5.32 Å². The van der Waals surface area contributed by atoms with Crippen LogP contribution in [0.3, 0.4) is 0 Å². The second kappa shape index (κ2) is 29.4. The smallest absolute Gasteiger partial charge is 0.306 e. The number of carbonyl (C=O) groups is 3. The molecule has 1 saturated carbocycles.